The molecule has 0 fully saturated rings. The Balaban J connectivity index is 3.17. The topological polar surface area (TPSA) is 20.2 Å². The Morgan fingerprint density at radius 2 is 1.60 bits per heavy atom. The summed E-state index contributed by atoms with van der Waals surface area (Å²) in [7, 11) is 0. The van der Waals surface area contributed by atoms with Gasteiger partial charge in [0.15, 0.2) is 0 Å². The molecule has 10 heavy (non-hydrogen) atoms. The number of aliphatic hydroxyl groups excluding tert-OH is 1. The van der Waals surface area contributed by atoms with Crippen molar-refractivity contribution >= 4 is 0 Å². The summed E-state index contributed by atoms with van der Waals surface area (Å²) in [6.45, 7) is 6.93. The molecule has 2 atom stereocenters. The molecule has 1 nitrogen and oxygen atoms in total. The second-order valence-electron chi connectivity index (χ2n) is 3.38. The van der Waals surface area contributed by atoms with Crippen LogP contribution in [0.5, 0.6) is 0 Å². The molecule has 1 N–H and O–H groups in total. The minimum Gasteiger partial charge on any atom is -0.396 e. The molecule has 0 aliphatic rings. The molecule has 62 valence electrons. The van der Waals surface area contributed by atoms with Crippen LogP contribution in [-0.4, -0.2) is 11.7 Å². The molecule has 0 aromatic carbocycles. The number of rotatable bonds is 5. The Bertz CT molecular complexity index is 61.1. The van der Waals surface area contributed by atoms with E-state index in [0.717, 1.165) is 5.92 Å². The third-order valence-corrected chi connectivity index (χ3v) is 2.16. The van der Waals surface area contributed by atoms with E-state index >= 15 is 0 Å². The van der Waals surface area contributed by atoms with Crippen LogP contribution >= 0.6 is 0 Å². The average Bonchev–Trinajstić information content (AvgIpc) is 1.99. The van der Waals surface area contributed by atoms with Crippen LogP contribution in [0, 0.1) is 11.8 Å². The van der Waals surface area contributed by atoms with Crippen molar-refractivity contribution in [2.75, 3.05) is 6.61 Å². The summed E-state index contributed by atoms with van der Waals surface area (Å²) in [5, 5.41) is 8.72. The zero-order chi connectivity index (χ0) is 7.98. The predicted octanol–water partition coefficient (Wildman–Crippen LogP) is 2.44. The van der Waals surface area contributed by atoms with Crippen LogP contribution in [0.2, 0.25) is 0 Å². The van der Waals surface area contributed by atoms with Crippen LogP contribution < -0.4 is 0 Å². The molecule has 0 rings (SSSR count). The quantitative estimate of drug-likeness (QED) is 0.628. The molecule has 1 heteroatoms. The Morgan fingerprint density at radius 1 is 1.10 bits per heavy atom. The van der Waals surface area contributed by atoms with Gasteiger partial charge in [0.05, 0.1) is 0 Å². The SMILES string of the molecule is CC[C@@H](C)CC[C@H](C)CO. The highest BCUT2D eigenvalue weighted by molar-refractivity contribution is 4.55. The molecule has 0 bridgehead atoms. The minimum atomic E-state index is 0.344. The van der Waals surface area contributed by atoms with Gasteiger partial charge in [0.2, 0.25) is 0 Å². The lowest BCUT2D eigenvalue weighted by Crippen LogP contribution is -2.03. The van der Waals surface area contributed by atoms with Gasteiger partial charge in [-0.15, -0.1) is 0 Å². The molecule has 0 aromatic heterocycles. The molecule has 0 heterocycles. The lowest BCUT2D eigenvalue weighted by atomic mass is 9.97. The Hall–Kier alpha value is -0.0400. The van der Waals surface area contributed by atoms with Crippen LogP contribution in [-0.2, 0) is 0 Å². The zero-order valence-electron chi connectivity index (χ0n) is 7.43. The third kappa shape index (κ3) is 4.80. The summed E-state index contributed by atoms with van der Waals surface area (Å²) in [6, 6.07) is 0. The number of aliphatic hydroxyl groups is 1. The molecule has 0 saturated heterocycles. The number of hydrogen-bond acceptors (Lipinski definition) is 1. The molecule has 0 aliphatic heterocycles. The molecule has 0 unspecified atom stereocenters. The average molecular weight is 144 g/mol. The second kappa shape index (κ2) is 5.72. The summed E-state index contributed by atoms with van der Waals surface area (Å²) >= 11 is 0. The third-order valence-electron chi connectivity index (χ3n) is 2.16. The largest absolute Gasteiger partial charge is 0.396 e. The van der Waals surface area contributed by atoms with E-state index in [0.29, 0.717) is 12.5 Å². The fraction of sp³-hybridized carbons (Fsp3) is 1.00. The fourth-order valence-corrected chi connectivity index (χ4v) is 0.864. The van der Waals surface area contributed by atoms with Gasteiger partial charge in [-0.05, 0) is 18.3 Å². The van der Waals surface area contributed by atoms with Gasteiger partial charge in [-0.2, -0.15) is 0 Å². The summed E-state index contributed by atoms with van der Waals surface area (Å²) in [5.74, 6) is 1.32. The molecule has 0 saturated carbocycles. The Morgan fingerprint density at radius 3 is 2.00 bits per heavy atom. The summed E-state index contributed by atoms with van der Waals surface area (Å²) in [6.07, 6.45) is 3.70. The molecule has 0 spiro atoms. The van der Waals surface area contributed by atoms with Gasteiger partial charge in [0, 0.05) is 6.61 Å². The highest BCUT2D eigenvalue weighted by atomic mass is 16.3. The maximum absolute atomic E-state index is 8.72. The van der Waals surface area contributed by atoms with E-state index in [9.17, 15) is 0 Å². The smallest absolute Gasteiger partial charge is 0.0456 e. The lowest BCUT2D eigenvalue weighted by molar-refractivity contribution is 0.222. The van der Waals surface area contributed by atoms with E-state index < -0.39 is 0 Å². The van der Waals surface area contributed by atoms with Crippen molar-refractivity contribution < 1.29 is 5.11 Å². The van der Waals surface area contributed by atoms with Gasteiger partial charge in [-0.3, -0.25) is 0 Å². The monoisotopic (exact) mass is 144 g/mol. The normalized spacial score (nSPS) is 16.8. The van der Waals surface area contributed by atoms with E-state index in [1.807, 2.05) is 0 Å². The van der Waals surface area contributed by atoms with Crippen molar-refractivity contribution in [1.82, 2.24) is 0 Å². The van der Waals surface area contributed by atoms with Crippen LogP contribution in [0.25, 0.3) is 0 Å². The van der Waals surface area contributed by atoms with E-state index in [1.165, 1.54) is 19.3 Å². The maximum Gasteiger partial charge on any atom is 0.0456 e. The second-order valence-corrected chi connectivity index (χ2v) is 3.38. The highest BCUT2D eigenvalue weighted by Gasteiger charge is 2.02. The molecular formula is C9H20O. The first-order chi connectivity index (χ1) is 4.70. The van der Waals surface area contributed by atoms with E-state index in [1.54, 1.807) is 0 Å². The lowest BCUT2D eigenvalue weighted by Gasteiger charge is -2.11. The fourth-order valence-electron chi connectivity index (χ4n) is 0.864. The predicted molar refractivity (Wildman–Crippen MR) is 44.9 cm³/mol. The highest BCUT2D eigenvalue weighted by Crippen LogP contribution is 2.13. The van der Waals surface area contributed by atoms with Crippen molar-refractivity contribution in [2.24, 2.45) is 11.8 Å². The van der Waals surface area contributed by atoms with Crippen LogP contribution in [0.3, 0.4) is 0 Å². The number of hydrogen-bond donors (Lipinski definition) is 1. The van der Waals surface area contributed by atoms with Gasteiger partial charge in [-0.1, -0.05) is 33.6 Å². The first kappa shape index (κ1) is 9.96. The summed E-state index contributed by atoms with van der Waals surface area (Å²) < 4.78 is 0. The van der Waals surface area contributed by atoms with Gasteiger partial charge in [0.25, 0.3) is 0 Å². The first-order valence-corrected chi connectivity index (χ1v) is 4.31. The van der Waals surface area contributed by atoms with E-state index in [4.69, 9.17) is 5.11 Å². The van der Waals surface area contributed by atoms with Crippen molar-refractivity contribution in [3.8, 4) is 0 Å². The van der Waals surface area contributed by atoms with Gasteiger partial charge in [0.1, 0.15) is 0 Å². The Kier molecular flexibility index (Phi) is 5.70. The standard InChI is InChI=1S/C9H20O/c1-4-8(2)5-6-9(3)7-10/h8-10H,4-7H2,1-3H3/t8-,9+/m1/s1. The maximum atomic E-state index is 8.72. The van der Waals surface area contributed by atoms with E-state index in [2.05, 4.69) is 20.8 Å². The van der Waals surface area contributed by atoms with Crippen LogP contribution in [0.4, 0.5) is 0 Å². The van der Waals surface area contributed by atoms with Crippen molar-refractivity contribution in [3.63, 3.8) is 0 Å². The van der Waals surface area contributed by atoms with Gasteiger partial charge in [-0.25, -0.2) is 0 Å². The minimum absolute atomic E-state index is 0.344. The van der Waals surface area contributed by atoms with Crippen LogP contribution in [0.15, 0.2) is 0 Å². The van der Waals surface area contributed by atoms with Gasteiger partial charge >= 0.3 is 0 Å². The first-order valence-electron chi connectivity index (χ1n) is 4.31. The molecule has 0 radical (unpaired) electrons. The van der Waals surface area contributed by atoms with Crippen molar-refractivity contribution in [1.29, 1.82) is 0 Å². The molecule has 0 aromatic rings. The Labute approximate surface area is 64.5 Å². The molecule has 0 amide bonds. The van der Waals surface area contributed by atoms with Crippen molar-refractivity contribution in [3.05, 3.63) is 0 Å². The summed E-state index contributed by atoms with van der Waals surface area (Å²) in [5.41, 5.74) is 0. The molecular weight excluding hydrogens is 124 g/mol. The van der Waals surface area contributed by atoms with Gasteiger partial charge < -0.3 is 5.11 Å². The van der Waals surface area contributed by atoms with Crippen molar-refractivity contribution in [2.45, 2.75) is 40.0 Å². The summed E-state index contributed by atoms with van der Waals surface area (Å²) in [4.78, 5) is 0. The molecule has 0 aliphatic carbocycles. The zero-order valence-corrected chi connectivity index (χ0v) is 7.43. The van der Waals surface area contributed by atoms with Crippen LogP contribution in [0.1, 0.15) is 40.0 Å². The van der Waals surface area contributed by atoms with E-state index in [-0.39, 0.29) is 0 Å².